The van der Waals surface area contributed by atoms with E-state index in [1.54, 1.807) is 0 Å². The van der Waals surface area contributed by atoms with Crippen LogP contribution in [-0.2, 0) is 13.0 Å². The van der Waals surface area contributed by atoms with Gasteiger partial charge in [0.15, 0.2) is 0 Å². The maximum absolute atomic E-state index is 9.16. The topological polar surface area (TPSA) is 32.3 Å². The van der Waals surface area contributed by atoms with Gasteiger partial charge in [-0.25, -0.2) is 0 Å². The van der Waals surface area contributed by atoms with Crippen molar-refractivity contribution in [2.24, 2.45) is 0 Å². The van der Waals surface area contributed by atoms with E-state index in [4.69, 9.17) is 5.11 Å². The van der Waals surface area contributed by atoms with Crippen LogP contribution in [0.15, 0.2) is 18.2 Å². The van der Waals surface area contributed by atoms with E-state index in [0.717, 1.165) is 18.5 Å². The number of rotatable bonds is 1. The summed E-state index contributed by atoms with van der Waals surface area (Å²) in [5.74, 6) is 0. The van der Waals surface area contributed by atoms with Gasteiger partial charge in [0, 0.05) is 6.04 Å². The third-order valence-electron chi connectivity index (χ3n) is 2.77. The Morgan fingerprint density at radius 2 is 2.38 bits per heavy atom. The normalized spacial score (nSPS) is 21.2. The molecule has 2 N–H and O–H groups in total. The maximum atomic E-state index is 9.16. The summed E-state index contributed by atoms with van der Waals surface area (Å²) >= 11 is 0. The predicted molar refractivity (Wildman–Crippen MR) is 52.5 cm³/mol. The van der Waals surface area contributed by atoms with Gasteiger partial charge in [0.05, 0.1) is 6.61 Å². The van der Waals surface area contributed by atoms with Crippen LogP contribution in [0.5, 0.6) is 0 Å². The zero-order valence-electron chi connectivity index (χ0n) is 7.88. The first-order valence-corrected chi connectivity index (χ1v) is 4.78. The number of hydrogen-bond acceptors (Lipinski definition) is 2. The molecule has 0 bridgehead atoms. The number of nitrogens with one attached hydrogen (secondary N) is 1. The molecule has 0 aromatic heterocycles. The molecule has 2 heteroatoms. The average Bonchev–Trinajstić information content (AvgIpc) is 2.18. The summed E-state index contributed by atoms with van der Waals surface area (Å²) in [6, 6.07) is 6.60. The lowest BCUT2D eigenvalue weighted by Crippen LogP contribution is -2.28. The van der Waals surface area contributed by atoms with Gasteiger partial charge >= 0.3 is 0 Å². The molecule has 1 heterocycles. The zero-order chi connectivity index (χ0) is 9.26. The van der Waals surface area contributed by atoms with Crippen LogP contribution >= 0.6 is 0 Å². The van der Waals surface area contributed by atoms with Gasteiger partial charge in [0.2, 0.25) is 0 Å². The number of benzene rings is 1. The first-order valence-electron chi connectivity index (χ1n) is 4.78. The van der Waals surface area contributed by atoms with Crippen molar-refractivity contribution in [2.45, 2.75) is 26.0 Å². The number of aliphatic hydroxyl groups excluding tert-OH is 1. The summed E-state index contributed by atoms with van der Waals surface area (Å²) in [5, 5.41) is 12.6. The minimum Gasteiger partial charge on any atom is -0.392 e. The largest absolute Gasteiger partial charge is 0.392 e. The Balaban J connectivity index is 2.48. The fourth-order valence-corrected chi connectivity index (χ4v) is 2.04. The highest BCUT2D eigenvalue weighted by molar-refractivity contribution is 5.38. The first kappa shape index (κ1) is 8.73. The van der Waals surface area contributed by atoms with Crippen LogP contribution in [0.2, 0.25) is 0 Å². The van der Waals surface area contributed by atoms with E-state index in [1.165, 1.54) is 11.1 Å². The second kappa shape index (κ2) is 3.48. The van der Waals surface area contributed by atoms with Gasteiger partial charge in [0.25, 0.3) is 0 Å². The van der Waals surface area contributed by atoms with Crippen LogP contribution < -0.4 is 5.32 Å². The van der Waals surface area contributed by atoms with Gasteiger partial charge in [-0.3, -0.25) is 0 Å². The van der Waals surface area contributed by atoms with E-state index in [-0.39, 0.29) is 6.61 Å². The van der Waals surface area contributed by atoms with E-state index in [0.29, 0.717) is 6.04 Å². The lowest BCUT2D eigenvalue weighted by atomic mass is 9.91. The van der Waals surface area contributed by atoms with Crippen molar-refractivity contribution in [3.63, 3.8) is 0 Å². The third kappa shape index (κ3) is 1.47. The third-order valence-corrected chi connectivity index (χ3v) is 2.77. The standard InChI is InChI=1S/C11H15NO/c1-8-10-4-2-3-9(7-13)11(10)5-6-12-8/h2-4,8,12-13H,5-7H2,1H3/t8-/m0/s1. The summed E-state index contributed by atoms with van der Waals surface area (Å²) in [4.78, 5) is 0. The summed E-state index contributed by atoms with van der Waals surface area (Å²) in [5.41, 5.74) is 3.78. The highest BCUT2D eigenvalue weighted by atomic mass is 16.3. The highest BCUT2D eigenvalue weighted by Gasteiger charge is 2.17. The summed E-state index contributed by atoms with van der Waals surface area (Å²) < 4.78 is 0. The Kier molecular flexibility index (Phi) is 2.34. The van der Waals surface area contributed by atoms with Gasteiger partial charge in [-0.1, -0.05) is 18.2 Å². The average molecular weight is 177 g/mol. The molecule has 0 saturated heterocycles. The Morgan fingerprint density at radius 3 is 3.15 bits per heavy atom. The molecule has 1 aromatic rings. The van der Waals surface area contributed by atoms with Crippen molar-refractivity contribution in [3.8, 4) is 0 Å². The molecular formula is C11H15NO. The Morgan fingerprint density at radius 1 is 1.54 bits per heavy atom. The molecule has 13 heavy (non-hydrogen) atoms. The molecule has 0 unspecified atom stereocenters. The second-order valence-electron chi connectivity index (χ2n) is 3.57. The van der Waals surface area contributed by atoms with E-state index < -0.39 is 0 Å². The SMILES string of the molecule is C[C@@H]1NCCc2c(CO)cccc21. The van der Waals surface area contributed by atoms with Crippen molar-refractivity contribution in [1.29, 1.82) is 0 Å². The molecule has 1 aliphatic heterocycles. The van der Waals surface area contributed by atoms with Crippen LogP contribution in [0.1, 0.15) is 29.7 Å². The first-order chi connectivity index (χ1) is 6.33. The van der Waals surface area contributed by atoms with Crippen LogP contribution in [0.25, 0.3) is 0 Å². The van der Waals surface area contributed by atoms with Gasteiger partial charge in [-0.15, -0.1) is 0 Å². The van der Waals surface area contributed by atoms with E-state index in [2.05, 4.69) is 18.3 Å². The second-order valence-corrected chi connectivity index (χ2v) is 3.57. The quantitative estimate of drug-likeness (QED) is 0.679. The highest BCUT2D eigenvalue weighted by Crippen LogP contribution is 2.25. The van der Waals surface area contributed by atoms with Crippen molar-refractivity contribution in [2.75, 3.05) is 6.54 Å². The lowest BCUT2D eigenvalue weighted by Gasteiger charge is -2.25. The van der Waals surface area contributed by atoms with E-state index in [9.17, 15) is 0 Å². The Hall–Kier alpha value is -0.860. The summed E-state index contributed by atoms with van der Waals surface area (Å²) in [7, 11) is 0. The molecule has 70 valence electrons. The fourth-order valence-electron chi connectivity index (χ4n) is 2.04. The van der Waals surface area contributed by atoms with E-state index in [1.807, 2.05) is 12.1 Å². The van der Waals surface area contributed by atoms with Gasteiger partial charge < -0.3 is 10.4 Å². The molecule has 0 amide bonds. The number of aliphatic hydroxyl groups is 1. The molecule has 0 radical (unpaired) electrons. The lowest BCUT2D eigenvalue weighted by molar-refractivity contribution is 0.279. The number of fused-ring (bicyclic) bond motifs is 1. The van der Waals surface area contributed by atoms with Gasteiger partial charge in [-0.05, 0) is 36.6 Å². The summed E-state index contributed by atoms with van der Waals surface area (Å²) in [6.07, 6.45) is 1.04. The van der Waals surface area contributed by atoms with Crippen molar-refractivity contribution >= 4 is 0 Å². The summed E-state index contributed by atoms with van der Waals surface area (Å²) in [6.45, 7) is 3.35. The van der Waals surface area contributed by atoms with Crippen molar-refractivity contribution in [3.05, 3.63) is 34.9 Å². The Labute approximate surface area is 78.6 Å². The van der Waals surface area contributed by atoms with Gasteiger partial charge in [-0.2, -0.15) is 0 Å². The van der Waals surface area contributed by atoms with Crippen LogP contribution in [-0.4, -0.2) is 11.7 Å². The number of hydrogen-bond donors (Lipinski definition) is 2. The van der Waals surface area contributed by atoms with Crippen molar-refractivity contribution < 1.29 is 5.11 Å². The predicted octanol–water partition coefficient (Wildman–Crippen LogP) is 1.39. The molecule has 1 aromatic carbocycles. The van der Waals surface area contributed by atoms with Crippen LogP contribution in [0.4, 0.5) is 0 Å². The smallest absolute Gasteiger partial charge is 0.0684 e. The monoisotopic (exact) mass is 177 g/mol. The molecular weight excluding hydrogens is 162 g/mol. The van der Waals surface area contributed by atoms with Crippen LogP contribution in [0.3, 0.4) is 0 Å². The fraction of sp³-hybridized carbons (Fsp3) is 0.455. The van der Waals surface area contributed by atoms with Gasteiger partial charge in [0.1, 0.15) is 0 Å². The maximum Gasteiger partial charge on any atom is 0.0684 e. The molecule has 0 aliphatic carbocycles. The molecule has 1 aliphatic rings. The molecule has 2 rings (SSSR count). The molecule has 0 saturated carbocycles. The zero-order valence-corrected chi connectivity index (χ0v) is 7.88. The van der Waals surface area contributed by atoms with Crippen molar-refractivity contribution in [1.82, 2.24) is 5.32 Å². The molecule has 1 atom stereocenters. The minimum absolute atomic E-state index is 0.163. The van der Waals surface area contributed by atoms with Crippen LogP contribution in [0, 0.1) is 0 Å². The Bertz CT molecular complexity index is 309. The molecule has 0 fully saturated rings. The minimum atomic E-state index is 0.163. The van der Waals surface area contributed by atoms with E-state index >= 15 is 0 Å². The molecule has 0 spiro atoms. The molecule has 2 nitrogen and oxygen atoms in total.